The Morgan fingerprint density at radius 2 is 1.70 bits per heavy atom. The van der Waals surface area contributed by atoms with E-state index < -0.39 is 22.1 Å². The van der Waals surface area contributed by atoms with Gasteiger partial charge in [0.15, 0.2) is 5.37 Å². The first-order valence-corrected chi connectivity index (χ1v) is 7.41. The Balaban J connectivity index is 2.08. The van der Waals surface area contributed by atoms with Gasteiger partial charge in [-0.1, -0.05) is 30.0 Å². The van der Waals surface area contributed by atoms with Crippen LogP contribution in [0.4, 0.5) is 5.69 Å². The van der Waals surface area contributed by atoms with Crippen molar-refractivity contribution >= 4 is 29.3 Å². The van der Waals surface area contributed by atoms with Gasteiger partial charge < -0.3 is 11.1 Å². The van der Waals surface area contributed by atoms with Crippen LogP contribution in [-0.4, -0.2) is 22.1 Å². The fourth-order valence-corrected chi connectivity index (χ4v) is 2.60. The summed E-state index contributed by atoms with van der Waals surface area (Å²) >= 11 is 1.11. The summed E-state index contributed by atoms with van der Waals surface area (Å²) in [5, 5.41) is 12.2. The van der Waals surface area contributed by atoms with Gasteiger partial charge in [-0.25, -0.2) is 0 Å². The van der Waals surface area contributed by atoms with Crippen molar-refractivity contribution in [3.05, 3.63) is 70.3 Å². The molecule has 0 bridgehead atoms. The third-order valence-electron chi connectivity index (χ3n) is 2.86. The van der Waals surface area contributed by atoms with E-state index in [1.54, 1.807) is 24.3 Å². The van der Waals surface area contributed by atoms with Gasteiger partial charge in [-0.3, -0.25) is 19.7 Å². The van der Waals surface area contributed by atoms with Gasteiger partial charge in [0.25, 0.3) is 17.5 Å². The zero-order chi connectivity index (χ0) is 16.8. The van der Waals surface area contributed by atoms with Crippen molar-refractivity contribution < 1.29 is 14.5 Å². The molecular formula is C15H13N3O4S. The van der Waals surface area contributed by atoms with Crippen LogP contribution in [0.5, 0.6) is 0 Å². The molecule has 0 saturated heterocycles. The number of nitro groups is 1. The van der Waals surface area contributed by atoms with Crippen molar-refractivity contribution in [1.29, 1.82) is 0 Å². The van der Waals surface area contributed by atoms with Crippen molar-refractivity contribution in [1.82, 2.24) is 5.32 Å². The highest BCUT2D eigenvalue weighted by Gasteiger charge is 2.20. The standard InChI is InChI=1S/C15H13N3O4S/c16-13(19)15(23-12-4-2-1-3-5-12)17-14(20)10-6-8-11(9-7-10)18(21)22/h1-9,15H,(H2,16,19)(H,17,20). The molecule has 0 radical (unpaired) electrons. The first-order valence-electron chi connectivity index (χ1n) is 6.53. The zero-order valence-electron chi connectivity index (χ0n) is 11.8. The summed E-state index contributed by atoms with van der Waals surface area (Å²) in [6.07, 6.45) is 0. The Morgan fingerprint density at radius 3 is 2.22 bits per heavy atom. The van der Waals surface area contributed by atoms with Gasteiger partial charge in [-0.05, 0) is 24.3 Å². The molecule has 0 aliphatic heterocycles. The number of non-ortho nitro benzene ring substituents is 1. The van der Waals surface area contributed by atoms with Crippen LogP contribution in [0.25, 0.3) is 0 Å². The summed E-state index contributed by atoms with van der Waals surface area (Å²) in [7, 11) is 0. The number of hydrogen-bond donors (Lipinski definition) is 2. The molecule has 1 unspecified atom stereocenters. The van der Waals surface area contributed by atoms with E-state index in [0.29, 0.717) is 0 Å². The van der Waals surface area contributed by atoms with Gasteiger partial charge in [-0.15, -0.1) is 0 Å². The van der Waals surface area contributed by atoms with E-state index in [9.17, 15) is 19.7 Å². The highest BCUT2D eigenvalue weighted by atomic mass is 32.2. The summed E-state index contributed by atoms with van der Waals surface area (Å²) in [5.41, 5.74) is 5.40. The normalized spacial score (nSPS) is 11.5. The number of nitrogens with one attached hydrogen (secondary N) is 1. The van der Waals surface area contributed by atoms with Crippen LogP contribution in [0.1, 0.15) is 10.4 Å². The van der Waals surface area contributed by atoms with E-state index in [1.165, 1.54) is 24.3 Å². The third-order valence-corrected chi connectivity index (χ3v) is 3.99. The highest BCUT2D eigenvalue weighted by Crippen LogP contribution is 2.21. The summed E-state index contributed by atoms with van der Waals surface area (Å²) in [6, 6.07) is 14.1. The predicted molar refractivity (Wildman–Crippen MR) is 85.8 cm³/mol. The van der Waals surface area contributed by atoms with E-state index in [2.05, 4.69) is 5.32 Å². The van der Waals surface area contributed by atoms with Crippen molar-refractivity contribution in [3.63, 3.8) is 0 Å². The van der Waals surface area contributed by atoms with Crippen molar-refractivity contribution in [2.45, 2.75) is 10.3 Å². The van der Waals surface area contributed by atoms with Crippen LogP contribution >= 0.6 is 11.8 Å². The lowest BCUT2D eigenvalue weighted by atomic mass is 10.2. The van der Waals surface area contributed by atoms with Gasteiger partial charge in [0.05, 0.1) is 4.92 Å². The molecule has 2 aromatic carbocycles. The number of rotatable bonds is 6. The minimum atomic E-state index is -0.944. The monoisotopic (exact) mass is 331 g/mol. The molecule has 3 N–H and O–H groups in total. The molecule has 23 heavy (non-hydrogen) atoms. The minimum absolute atomic E-state index is 0.119. The van der Waals surface area contributed by atoms with Crippen LogP contribution in [0.2, 0.25) is 0 Å². The van der Waals surface area contributed by atoms with Gasteiger partial charge in [-0.2, -0.15) is 0 Å². The van der Waals surface area contributed by atoms with Gasteiger partial charge >= 0.3 is 0 Å². The van der Waals surface area contributed by atoms with Crippen LogP contribution in [0.15, 0.2) is 59.5 Å². The fourth-order valence-electron chi connectivity index (χ4n) is 1.73. The second-order valence-corrected chi connectivity index (χ2v) is 5.67. The topological polar surface area (TPSA) is 115 Å². The molecule has 0 spiro atoms. The maximum absolute atomic E-state index is 12.1. The number of thioether (sulfide) groups is 1. The summed E-state index contributed by atoms with van der Waals surface area (Å²) in [5.74, 6) is -1.22. The van der Waals surface area contributed by atoms with Crippen LogP contribution < -0.4 is 11.1 Å². The largest absolute Gasteiger partial charge is 0.367 e. The van der Waals surface area contributed by atoms with Crippen LogP contribution in [0.3, 0.4) is 0 Å². The van der Waals surface area contributed by atoms with E-state index in [-0.39, 0.29) is 11.3 Å². The highest BCUT2D eigenvalue weighted by molar-refractivity contribution is 8.00. The number of nitrogens with zero attached hydrogens (tertiary/aromatic N) is 1. The zero-order valence-corrected chi connectivity index (χ0v) is 12.7. The van der Waals surface area contributed by atoms with Crippen molar-refractivity contribution in [2.24, 2.45) is 5.73 Å². The minimum Gasteiger partial charge on any atom is -0.367 e. The maximum Gasteiger partial charge on any atom is 0.269 e. The Hall–Kier alpha value is -2.87. The number of hydrogen-bond acceptors (Lipinski definition) is 5. The number of nitrogens with two attached hydrogens (primary N) is 1. The number of benzene rings is 2. The molecule has 1 atom stereocenters. The lowest BCUT2D eigenvalue weighted by Crippen LogP contribution is -2.42. The van der Waals surface area contributed by atoms with Crippen molar-refractivity contribution in [2.75, 3.05) is 0 Å². The first-order chi connectivity index (χ1) is 11.0. The maximum atomic E-state index is 12.1. The molecule has 0 saturated carbocycles. The van der Waals surface area contributed by atoms with Crippen molar-refractivity contribution in [3.8, 4) is 0 Å². The average molecular weight is 331 g/mol. The molecular weight excluding hydrogens is 318 g/mol. The third kappa shape index (κ3) is 4.55. The summed E-state index contributed by atoms with van der Waals surface area (Å²) < 4.78 is 0. The molecule has 7 nitrogen and oxygen atoms in total. The molecule has 0 aromatic heterocycles. The van der Waals surface area contributed by atoms with E-state index in [4.69, 9.17) is 5.73 Å². The number of amides is 2. The number of primary amides is 1. The lowest BCUT2D eigenvalue weighted by molar-refractivity contribution is -0.384. The number of nitro benzene ring substituents is 1. The predicted octanol–water partition coefficient (Wildman–Crippen LogP) is 1.93. The molecule has 0 fully saturated rings. The summed E-state index contributed by atoms with van der Waals surface area (Å²) in [4.78, 5) is 34.5. The summed E-state index contributed by atoms with van der Waals surface area (Å²) in [6.45, 7) is 0. The SMILES string of the molecule is NC(=O)C(NC(=O)c1ccc([N+](=O)[O-])cc1)Sc1ccccc1. The second kappa shape index (κ2) is 7.41. The van der Waals surface area contributed by atoms with Gasteiger partial charge in [0, 0.05) is 22.6 Å². The number of carbonyl (C=O) groups is 2. The van der Waals surface area contributed by atoms with E-state index in [0.717, 1.165) is 16.7 Å². The Bertz CT molecular complexity index is 719. The van der Waals surface area contributed by atoms with Gasteiger partial charge in [0.1, 0.15) is 0 Å². The second-order valence-electron chi connectivity index (χ2n) is 4.49. The molecule has 0 heterocycles. The molecule has 0 aliphatic rings. The average Bonchev–Trinajstić information content (AvgIpc) is 2.55. The van der Waals surface area contributed by atoms with Crippen LogP contribution in [0, 0.1) is 10.1 Å². The van der Waals surface area contributed by atoms with Gasteiger partial charge in [0.2, 0.25) is 0 Å². The van der Waals surface area contributed by atoms with E-state index in [1.807, 2.05) is 6.07 Å². The fraction of sp³-hybridized carbons (Fsp3) is 0.0667. The molecule has 2 rings (SSSR count). The Kier molecular flexibility index (Phi) is 5.32. The quantitative estimate of drug-likeness (QED) is 0.363. The molecule has 2 aromatic rings. The Labute approximate surface area is 136 Å². The van der Waals surface area contributed by atoms with Crippen LogP contribution in [-0.2, 0) is 4.79 Å². The molecule has 2 amide bonds. The van der Waals surface area contributed by atoms with E-state index >= 15 is 0 Å². The smallest absolute Gasteiger partial charge is 0.269 e. The first kappa shape index (κ1) is 16.5. The lowest BCUT2D eigenvalue weighted by Gasteiger charge is -2.15. The molecule has 118 valence electrons. The molecule has 8 heteroatoms. The molecule has 0 aliphatic carbocycles. The Morgan fingerprint density at radius 1 is 1.09 bits per heavy atom. The number of carbonyl (C=O) groups excluding carboxylic acids is 2.